The van der Waals surface area contributed by atoms with Gasteiger partial charge in [-0.2, -0.15) is 0 Å². The molecule has 2 aromatic rings. The fourth-order valence-corrected chi connectivity index (χ4v) is 3.81. The largest absolute Gasteiger partial charge is 0.361 e. The fraction of sp³-hybridized carbons (Fsp3) is 0.471. The topological polar surface area (TPSA) is 71.3 Å². The van der Waals surface area contributed by atoms with Gasteiger partial charge in [0, 0.05) is 31.1 Å². The number of rotatable bonds is 6. The molecule has 0 aliphatic carbocycles. The van der Waals surface area contributed by atoms with Crippen LogP contribution in [0.15, 0.2) is 33.9 Å². The van der Waals surface area contributed by atoms with E-state index in [1.807, 2.05) is 37.1 Å². The highest BCUT2D eigenvalue weighted by atomic mass is 32.2. The summed E-state index contributed by atoms with van der Waals surface area (Å²) in [5, 5.41) is 7.93. The van der Waals surface area contributed by atoms with Crippen LogP contribution >= 0.6 is 11.8 Å². The number of carbonyl (C=O) groups is 1. The molecule has 7 heteroatoms. The first-order valence-corrected chi connectivity index (χ1v) is 9.10. The Morgan fingerprint density at radius 3 is 3.17 bits per heavy atom. The van der Waals surface area contributed by atoms with E-state index in [0.717, 1.165) is 42.5 Å². The Bertz CT molecular complexity index is 703. The Balaban J connectivity index is 1.68. The summed E-state index contributed by atoms with van der Waals surface area (Å²) >= 11 is 1.52. The van der Waals surface area contributed by atoms with E-state index in [9.17, 15) is 4.79 Å². The molecule has 2 aromatic heterocycles. The molecule has 0 radical (unpaired) electrons. The third-order valence-corrected chi connectivity index (χ3v) is 5.14. The monoisotopic (exact) mass is 346 g/mol. The Morgan fingerprint density at radius 2 is 2.42 bits per heavy atom. The number of amides is 1. The third-order valence-electron chi connectivity index (χ3n) is 4.10. The van der Waals surface area contributed by atoms with Crippen molar-refractivity contribution in [2.75, 3.05) is 26.7 Å². The molecule has 0 bridgehead atoms. The van der Waals surface area contributed by atoms with Gasteiger partial charge in [0.1, 0.15) is 10.8 Å². The smallest absolute Gasteiger partial charge is 0.256 e. The van der Waals surface area contributed by atoms with Crippen LogP contribution < -0.4 is 5.32 Å². The second-order valence-corrected chi connectivity index (χ2v) is 7.00. The Morgan fingerprint density at radius 1 is 1.54 bits per heavy atom. The number of aromatic nitrogens is 2. The molecule has 1 atom stereocenters. The van der Waals surface area contributed by atoms with E-state index in [2.05, 4.69) is 15.5 Å². The number of nitrogens with one attached hydrogen (secondary N) is 1. The number of thioether (sulfide) groups is 1. The van der Waals surface area contributed by atoms with Gasteiger partial charge in [0.2, 0.25) is 0 Å². The molecule has 3 rings (SSSR count). The lowest BCUT2D eigenvalue weighted by atomic mass is 10.1. The van der Waals surface area contributed by atoms with Gasteiger partial charge in [-0.1, -0.05) is 16.9 Å². The molecular weight excluding hydrogens is 324 g/mol. The van der Waals surface area contributed by atoms with Crippen molar-refractivity contribution in [2.24, 2.45) is 5.92 Å². The molecule has 24 heavy (non-hydrogen) atoms. The van der Waals surface area contributed by atoms with E-state index in [0.29, 0.717) is 17.2 Å². The van der Waals surface area contributed by atoms with Crippen LogP contribution in [0.3, 0.4) is 0 Å². The molecule has 1 amide bonds. The van der Waals surface area contributed by atoms with Gasteiger partial charge in [0.25, 0.3) is 5.91 Å². The summed E-state index contributed by atoms with van der Waals surface area (Å²) in [6.45, 7) is 4.43. The van der Waals surface area contributed by atoms with E-state index in [1.165, 1.54) is 11.8 Å². The summed E-state index contributed by atoms with van der Waals surface area (Å²) in [4.78, 5) is 19.2. The number of carbonyl (C=O) groups excluding carboxylic acids is 1. The highest BCUT2D eigenvalue weighted by Gasteiger charge is 2.28. The van der Waals surface area contributed by atoms with Crippen LogP contribution in [-0.2, 0) is 5.75 Å². The highest BCUT2D eigenvalue weighted by molar-refractivity contribution is 7.98. The Hall–Kier alpha value is -1.86. The number of aryl methyl sites for hydroxylation is 1. The molecular formula is C17H22N4O2S. The molecule has 1 unspecified atom stereocenters. The zero-order valence-corrected chi connectivity index (χ0v) is 14.8. The van der Waals surface area contributed by atoms with Gasteiger partial charge in [0.15, 0.2) is 0 Å². The summed E-state index contributed by atoms with van der Waals surface area (Å²) < 4.78 is 5.08. The normalized spacial score (nSPS) is 17.4. The maximum Gasteiger partial charge on any atom is 0.256 e. The van der Waals surface area contributed by atoms with Crippen molar-refractivity contribution >= 4 is 17.7 Å². The van der Waals surface area contributed by atoms with Gasteiger partial charge in [0.05, 0.1) is 11.3 Å². The van der Waals surface area contributed by atoms with Gasteiger partial charge in [-0.25, -0.2) is 4.98 Å². The number of nitrogens with zero attached hydrogens (tertiary/aromatic N) is 3. The van der Waals surface area contributed by atoms with Crippen LogP contribution in [0.4, 0.5) is 0 Å². The van der Waals surface area contributed by atoms with E-state index >= 15 is 0 Å². The minimum Gasteiger partial charge on any atom is -0.361 e. The van der Waals surface area contributed by atoms with Crippen LogP contribution in [0, 0.1) is 12.8 Å². The highest BCUT2D eigenvalue weighted by Crippen LogP contribution is 2.26. The third kappa shape index (κ3) is 3.96. The van der Waals surface area contributed by atoms with Gasteiger partial charge in [-0.15, -0.1) is 0 Å². The number of likely N-dealkylation sites (tertiary alicyclic amines) is 1. The number of hydrogen-bond donors (Lipinski definition) is 1. The number of pyridine rings is 1. The fourth-order valence-electron chi connectivity index (χ4n) is 2.94. The van der Waals surface area contributed by atoms with Gasteiger partial charge in [-0.3, -0.25) is 4.79 Å². The van der Waals surface area contributed by atoms with Crippen molar-refractivity contribution in [3.05, 3.63) is 41.4 Å². The van der Waals surface area contributed by atoms with Crippen LogP contribution in [-0.4, -0.2) is 47.6 Å². The van der Waals surface area contributed by atoms with Gasteiger partial charge >= 0.3 is 0 Å². The second-order valence-electron chi connectivity index (χ2n) is 6.04. The molecule has 1 N–H and O–H groups in total. The lowest BCUT2D eigenvalue weighted by Gasteiger charge is -2.18. The Labute approximate surface area is 146 Å². The molecule has 6 nitrogen and oxygen atoms in total. The molecule has 1 fully saturated rings. The van der Waals surface area contributed by atoms with Crippen molar-refractivity contribution < 1.29 is 9.32 Å². The predicted octanol–water partition coefficient (Wildman–Crippen LogP) is 2.35. The maximum absolute atomic E-state index is 12.9. The molecule has 0 spiro atoms. The van der Waals surface area contributed by atoms with Crippen molar-refractivity contribution in [1.29, 1.82) is 0 Å². The zero-order chi connectivity index (χ0) is 16.9. The standard InChI is InChI=1S/C17H22N4O2S/c1-12-8-14(20-23-12)11-24-16-15(4-3-6-19-16)17(22)21-7-5-13(10-21)9-18-2/h3-4,6,8,13,18H,5,7,9-11H2,1-2H3. The lowest BCUT2D eigenvalue weighted by Crippen LogP contribution is -2.30. The summed E-state index contributed by atoms with van der Waals surface area (Å²) in [5.41, 5.74) is 1.53. The molecule has 1 aliphatic heterocycles. The van der Waals surface area contributed by atoms with Crippen molar-refractivity contribution in [2.45, 2.75) is 24.1 Å². The van der Waals surface area contributed by atoms with Crippen molar-refractivity contribution in [3.8, 4) is 0 Å². The minimum atomic E-state index is 0.0699. The van der Waals surface area contributed by atoms with Crippen molar-refractivity contribution in [3.63, 3.8) is 0 Å². The molecule has 128 valence electrons. The summed E-state index contributed by atoms with van der Waals surface area (Å²) in [6, 6.07) is 5.58. The quantitative estimate of drug-likeness (QED) is 0.810. The number of hydrogen-bond acceptors (Lipinski definition) is 6. The van der Waals surface area contributed by atoms with Crippen molar-refractivity contribution in [1.82, 2.24) is 20.4 Å². The van der Waals surface area contributed by atoms with E-state index in [-0.39, 0.29) is 5.91 Å². The van der Waals surface area contributed by atoms with Crippen LogP contribution in [0.1, 0.15) is 28.2 Å². The minimum absolute atomic E-state index is 0.0699. The van der Waals surface area contributed by atoms with E-state index < -0.39 is 0 Å². The summed E-state index contributed by atoms with van der Waals surface area (Å²) in [7, 11) is 1.95. The molecule has 0 saturated carbocycles. The van der Waals surface area contributed by atoms with E-state index in [4.69, 9.17) is 4.52 Å². The second kappa shape index (κ2) is 7.81. The van der Waals surface area contributed by atoms with Crippen LogP contribution in [0.5, 0.6) is 0 Å². The van der Waals surface area contributed by atoms with E-state index in [1.54, 1.807) is 6.20 Å². The molecule has 1 saturated heterocycles. The predicted molar refractivity (Wildman–Crippen MR) is 93.0 cm³/mol. The van der Waals surface area contributed by atoms with Crippen LogP contribution in [0.2, 0.25) is 0 Å². The maximum atomic E-state index is 12.9. The molecule has 3 heterocycles. The molecule has 1 aliphatic rings. The average Bonchev–Trinajstić information content (AvgIpc) is 3.22. The van der Waals surface area contributed by atoms with Gasteiger partial charge < -0.3 is 14.7 Å². The first-order valence-electron chi connectivity index (χ1n) is 8.11. The first-order chi connectivity index (χ1) is 11.7. The Kier molecular flexibility index (Phi) is 5.52. The summed E-state index contributed by atoms with van der Waals surface area (Å²) in [5.74, 6) is 2.03. The van der Waals surface area contributed by atoms with Crippen LogP contribution in [0.25, 0.3) is 0 Å². The lowest BCUT2D eigenvalue weighted by molar-refractivity contribution is 0.0783. The first kappa shape index (κ1) is 17.0. The van der Waals surface area contributed by atoms with Gasteiger partial charge in [-0.05, 0) is 45.0 Å². The average molecular weight is 346 g/mol. The molecule has 0 aromatic carbocycles. The summed E-state index contributed by atoms with van der Waals surface area (Å²) in [6.07, 6.45) is 2.77. The SMILES string of the molecule is CNCC1CCN(C(=O)c2cccnc2SCc2cc(C)on2)C1. The zero-order valence-electron chi connectivity index (χ0n) is 14.0.